The monoisotopic (exact) mass is 452 g/mol. The van der Waals surface area contributed by atoms with Crippen molar-refractivity contribution in [2.45, 2.75) is 10.6 Å². The molecule has 0 amide bonds. The van der Waals surface area contributed by atoms with Crippen LogP contribution in [-0.4, -0.2) is 0 Å². The summed E-state index contributed by atoms with van der Waals surface area (Å²) in [4.78, 5) is 1.33. The van der Waals surface area contributed by atoms with E-state index < -0.39 is 0 Å². The van der Waals surface area contributed by atoms with Gasteiger partial charge in [-0.05, 0) is 87.1 Å². The van der Waals surface area contributed by atoms with E-state index in [-0.39, 0.29) is 0 Å². The molecule has 2 rings (SSSR count). The van der Waals surface area contributed by atoms with Gasteiger partial charge >= 0.3 is 0 Å². The molecule has 82 valence electrons. The maximum atomic E-state index is 2.33. The summed E-state index contributed by atoms with van der Waals surface area (Å²) < 4.78 is 2.58. The Labute approximate surface area is 128 Å². The molecule has 0 aromatic heterocycles. The minimum Gasteiger partial charge on any atom is -0.121 e. The highest BCUT2D eigenvalue weighted by Gasteiger charge is 1.96. The molecule has 0 N–H and O–H groups in total. The van der Waals surface area contributed by atoms with Gasteiger partial charge in [0.15, 0.2) is 0 Å². The minimum absolute atomic E-state index is 1.04. The molecule has 0 fully saturated rings. The second kappa shape index (κ2) is 6.26. The maximum absolute atomic E-state index is 2.33. The lowest BCUT2D eigenvalue weighted by Gasteiger charge is -2.02. The number of benzene rings is 2. The SMILES string of the molecule is Ic1ccc(CSc2ccc(I)cc2)cc1. The predicted octanol–water partition coefficient (Wildman–Crippen LogP) is 5.19. The topological polar surface area (TPSA) is 0 Å². The van der Waals surface area contributed by atoms with Gasteiger partial charge in [0.2, 0.25) is 0 Å². The molecular weight excluding hydrogens is 442 g/mol. The van der Waals surface area contributed by atoms with Crippen LogP contribution < -0.4 is 0 Å². The summed E-state index contributed by atoms with van der Waals surface area (Å²) in [5.41, 5.74) is 1.38. The van der Waals surface area contributed by atoms with Crippen LogP contribution in [0.1, 0.15) is 5.56 Å². The quantitative estimate of drug-likeness (QED) is 0.457. The van der Waals surface area contributed by atoms with Crippen LogP contribution in [0.5, 0.6) is 0 Å². The molecule has 3 heteroatoms. The lowest BCUT2D eigenvalue weighted by molar-refractivity contribution is 1.37. The number of hydrogen-bond donors (Lipinski definition) is 0. The molecule has 0 radical (unpaired) electrons. The molecule has 0 heterocycles. The van der Waals surface area contributed by atoms with Gasteiger partial charge < -0.3 is 0 Å². The van der Waals surface area contributed by atoms with E-state index in [1.807, 2.05) is 11.8 Å². The molecule has 0 spiro atoms. The van der Waals surface area contributed by atoms with E-state index in [2.05, 4.69) is 93.7 Å². The van der Waals surface area contributed by atoms with Gasteiger partial charge in [0.25, 0.3) is 0 Å². The first kappa shape index (κ1) is 12.7. The summed E-state index contributed by atoms with van der Waals surface area (Å²) in [5, 5.41) is 0. The highest BCUT2D eigenvalue weighted by Crippen LogP contribution is 2.23. The highest BCUT2D eigenvalue weighted by molar-refractivity contribution is 14.1. The summed E-state index contributed by atoms with van der Waals surface area (Å²) in [7, 11) is 0. The van der Waals surface area contributed by atoms with E-state index in [0.29, 0.717) is 0 Å². The van der Waals surface area contributed by atoms with Crippen LogP contribution in [0.2, 0.25) is 0 Å². The van der Waals surface area contributed by atoms with E-state index in [9.17, 15) is 0 Å². The Morgan fingerprint density at radius 2 is 1.25 bits per heavy atom. The Morgan fingerprint density at radius 3 is 1.81 bits per heavy atom. The van der Waals surface area contributed by atoms with Crippen molar-refractivity contribution < 1.29 is 0 Å². The second-order valence-electron chi connectivity index (χ2n) is 3.37. The van der Waals surface area contributed by atoms with Crippen LogP contribution in [0.25, 0.3) is 0 Å². The van der Waals surface area contributed by atoms with Crippen LogP contribution in [0.15, 0.2) is 53.4 Å². The van der Waals surface area contributed by atoms with Gasteiger partial charge in [0.05, 0.1) is 0 Å². The van der Waals surface area contributed by atoms with E-state index in [1.54, 1.807) is 0 Å². The average molecular weight is 452 g/mol. The zero-order valence-corrected chi connectivity index (χ0v) is 13.6. The molecule has 2 aromatic rings. The van der Waals surface area contributed by atoms with Gasteiger partial charge in [-0.2, -0.15) is 0 Å². The Hall–Kier alpha value is 0.250. The third-order valence-corrected chi connectivity index (χ3v) is 4.65. The lowest BCUT2D eigenvalue weighted by atomic mass is 10.2. The molecule has 0 atom stereocenters. The van der Waals surface area contributed by atoms with E-state index >= 15 is 0 Å². The normalized spacial score (nSPS) is 10.4. The van der Waals surface area contributed by atoms with E-state index in [1.165, 1.54) is 17.6 Å². The van der Waals surface area contributed by atoms with Crippen molar-refractivity contribution in [3.8, 4) is 0 Å². The van der Waals surface area contributed by atoms with Gasteiger partial charge in [-0.1, -0.05) is 12.1 Å². The van der Waals surface area contributed by atoms with Crippen LogP contribution in [0, 0.1) is 7.14 Å². The zero-order valence-electron chi connectivity index (χ0n) is 8.49. The van der Waals surface area contributed by atoms with Crippen molar-refractivity contribution in [2.24, 2.45) is 0 Å². The summed E-state index contributed by atoms with van der Waals surface area (Å²) in [6, 6.07) is 17.4. The summed E-state index contributed by atoms with van der Waals surface area (Å²) >= 11 is 6.54. The molecule has 0 unspecified atom stereocenters. The van der Waals surface area contributed by atoms with Crippen LogP contribution in [0.4, 0.5) is 0 Å². The van der Waals surface area contributed by atoms with E-state index in [0.717, 1.165) is 5.75 Å². The fourth-order valence-electron chi connectivity index (χ4n) is 1.28. The molecule has 0 saturated carbocycles. The van der Waals surface area contributed by atoms with Crippen molar-refractivity contribution in [3.05, 3.63) is 61.2 Å². The largest absolute Gasteiger partial charge is 0.121 e. The molecule has 0 aliphatic carbocycles. The van der Waals surface area contributed by atoms with Crippen molar-refractivity contribution in [3.63, 3.8) is 0 Å². The minimum atomic E-state index is 1.04. The fourth-order valence-corrected chi connectivity index (χ4v) is 2.85. The highest BCUT2D eigenvalue weighted by atomic mass is 127. The molecule has 0 aliphatic heterocycles. The van der Waals surface area contributed by atoms with E-state index in [4.69, 9.17) is 0 Å². The van der Waals surface area contributed by atoms with Gasteiger partial charge in [0, 0.05) is 17.8 Å². The van der Waals surface area contributed by atoms with Crippen LogP contribution in [0.3, 0.4) is 0 Å². The van der Waals surface area contributed by atoms with Crippen molar-refractivity contribution in [2.75, 3.05) is 0 Å². The zero-order chi connectivity index (χ0) is 11.4. The Morgan fingerprint density at radius 1 is 0.750 bits per heavy atom. The van der Waals surface area contributed by atoms with Crippen LogP contribution in [-0.2, 0) is 5.75 Å². The smallest absolute Gasteiger partial charge is 0.0232 e. The molecule has 0 aliphatic rings. The number of halogens is 2. The Balaban J connectivity index is 1.97. The standard InChI is InChI=1S/C13H10I2S/c14-11-3-1-10(2-4-11)9-16-13-7-5-12(15)6-8-13/h1-8H,9H2. The van der Waals surface area contributed by atoms with Gasteiger partial charge in [-0.3, -0.25) is 0 Å². The molecule has 16 heavy (non-hydrogen) atoms. The molecular formula is C13H10I2S. The Kier molecular flexibility index (Phi) is 4.97. The molecule has 0 bridgehead atoms. The van der Waals surface area contributed by atoms with Crippen molar-refractivity contribution >= 4 is 56.9 Å². The molecule has 0 nitrogen and oxygen atoms in total. The number of thioether (sulfide) groups is 1. The lowest BCUT2D eigenvalue weighted by Crippen LogP contribution is -1.81. The average Bonchev–Trinajstić information content (AvgIpc) is 2.30. The first-order chi connectivity index (χ1) is 7.74. The third-order valence-electron chi connectivity index (χ3n) is 2.13. The summed E-state index contributed by atoms with van der Waals surface area (Å²) in [6.45, 7) is 0. The number of hydrogen-bond acceptors (Lipinski definition) is 1. The van der Waals surface area contributed by atoms with Gasteiger partial charge in [-0.25, -0.2) is 0 Å². The fraction of sp³-hybridized carbons (Fsp3) is 0.0769. The molecule has 2 aromatic carbocycles. The predicted molar refractivity (Wildman–Crippen MR) is 87.9 cm³/mol. The van der Waals surface area contributed by atoms with Crippen molar-refractivity contribution in [1.29, 1.82) is 0 Å². The summed E-state index contributed by atoms with van der Waals surface area (Å²) in [5.74, 6) is 1.04. The summed E-state index contributed by atoms with van der Waals surface area (Å²) in [6.07, 6.45) is 0. The van der Waals surface area contributed by atoms with Gasteiger partial charge in [-0.15, -0.1) is 11.8 Å². The maximum Gasteiger partial charge on any atom is 0.0232 e. The Bertz CT molecular complexity index is 403. The molecule has 0 saturated heterocycles. The first-order valence-corrected chi connectivity index (χ1v) is 8.01. The number of rotatable bonds is 3. The first-order valence-electron chi connectivity index (χ1n) is 4.87. The van der Waals surface area contributed by atoms with Crippen molar-refractivity contribution in [1.82, 2.24) is 0 Å². The van der Waals surface area contributed by atoms with Crippen LogP contribution >= 0.6 is 56.9 Å². The second-order valence-corrected chi connectivity index (χ2v) is 6.91. The third kappa shape index (κ3) is 3.92. The van der Waals surface area contributed by atoms with Gasteiger partial charge in [0.1, 0.15) is 0 Å².